The van der Waals surface area contributed by atoms with Crippen molar-refractivity contribution in [3.63, 3.8) is 0 Å². The molecule has 0 bridgehead atoms. The highest BCUT2D eigenvalue weighted by Gasteiger charge is 2.11. The number of nitrogens with two attached hydrogens (primary N) is 1. The monoisotopic (exact) mass is 246 g/mol. The summed E-state index contributed by atoms with van der Waals surface area (Å²) in [5.74, 6) is -0.996. The van der Waals surface area contributed by atoms with E-state index in [0.717, 1.165) is 6.42 Å². The number of hydrogen-bond donors (Lipinski definition) is 3. The lowest BCUT2D eigenvalue weighted by atomic mass is 10.1. The summed E-state index contributed by atoms with van der Waals surface area (Å²) in [7, 11) is 1.61. The van der Waals surface area contributed by atoms with E-state index in [0.29, 0.717) is 32.4 Å². The Morgan fingerprint density at radius 2 is 2.06 bits per heavy atom. The van der Waals surface area contributed by atoms with Crippen LogP contribution in [0.25, 0.3) is 0 Å². The fraction of sp³-hybridized carbons (Fsp3) is 0.818. The first-order valence-corrected chi connectivity index (χ1v) is 5.82. The minimum absolute atomic E-state index is 0.135. The first kappa shape index (κ1) is 15.9. The van der Waals surface area contributed by atoms with Crippen molar-refractivity contribution in [1.29, 1.82) is 0 Å². The van der Waals surface area contributed by atoms with Gasteiger partial charge in [0.2, 0.25) is 5.91 Å². The van der Waals surface area contributed by atoms with Crippen molar-refractivity contribution in [1.82, 2.24) is 5.32 Å². The molecule has 0 aromatic heterocycles. The van der Waals surface area contributed by atoms with E-state index in [1.54, 1.807) is 7.11 Å². The van der Waals surface area contributed by atoms with Gasteiger partial charge in [-0.25, -0.2) is 0 Å². The van der Waals surface area contributed by atoms with E-state index in [1.165, 1.54) is 0 Å². The van der Waals surface area contributed by atoms with Gasteiger partial charge in [0.25, 0.3) is 0 Å². The molecule has 17 heavy (non-hydrogen) atoms. The Bertz CT molecular complexity index is 234. The third-order valence-electron chi connectivity index (χ3n) is 2.32. The molecule has 0 fully saturated rings. The van der Waals surface area contributed by atoms with Gasteiger partial charge >= 0.3 is 5.97 Å². The van der Waals surface area contributed by atoms with Crippen LogP contribution in [0.3, 0.4) is 0 Å². The molecule has 1 atom stereocenters. The van der Waals surface area contributed by atoms with Gasteiger partial charge < -0.3 is 20.9 Å². The van der Waals surface area contributed by atoms with E-state index in [1.807, 2.05) is 0 Å². The number of methoxy groups -OCH3 is 1. The molecule has 0 radical (unpaired) electrons. The fourth-order valence-corrected chi connectivity index (χ4v) is 1.32. The van der Waals surface area contributed by atoms with Gasteiger partial charge in [0.1, 0.15) is 0 Å². The topological polar surface area (TPSA) is 102 Å². The van der Waals surface area contributed by atoms with Gasteiger partial charge in [-0.05, 0) is 25.7 Å². The van der Waals surface area contributed by atoms with Crippen LogP contribution in [0.15, 0.2) is 0 Å². The Morgan fingerprint density at radius 1 is 1.35 bits per heavy atom. The molecule has 0 aromatic rings. The highest BCUT2D eigenvalue weighted by molar-refractivity contribution is 5.81. The third kappa shape index (κ3) is 9.77. The van der Waals surface area contributed by atoms with Crippen molar-refractivity contribution < 1.29 is 19.4 Å². The van der Waals surface area contributed by atoms with Gasteiger partial charge in [0, 0.05) is 26.7 Å². The summed E-state index contributed by atoms with van der Waals surface area (Å²) in [6, 6.07) is -0.510. The molecule has 0 rings (SSSR count). The second kappa shape index (κ2) is 10.0. The minimum atomic E-state index is -0.812. The van der Waals surface area contributed by atoms with Crippen LogP contribution in [0.4, 0.5) is 0 Å². The number of nitrogens with one attached hydrogen (secondary N) is 1. The maximum Gasteiger partial charge on any atom is 0.303 e. The predicted molar refractivity (Wildman–Crippen MR) is 63.6 cm³/mol. The molecule has 1 unspecified atom stereocenters. The first-order valence-electron chi connectivity index (χ1n) is 5.82. The summed E-state index contributed by atoms with van der Waals surface area (Å²) in [6.45, 7) is 1.07. The summed E-state index contributed by atoms with van der Waals surface area (Å²) in [5.41, 5.74) is 5.66. The van der Waals surface area contributed by atoms with E-state index in [2.05, 4.69) is 5.32 Å². The summed E-state index contributed by atoms with van der Waals surface area (Å²) in [6.07, 6.45) is 2.70. The zero-order valence-corrected chi connectivity index (χ0v) is 10.3. The van der Waals surface area contributed by atoms with E-state index < -0.39 is 12.0 Å². The predicted octanol–water partition coefficient (Wildman–Crippen LogP) is 0.111. The van der Waals surface area contributed by atoms with Crippen LogP contribution in [0.1, 0.15) is 32.1 Å². The normalized spacial score (nSPS) is 12.1. The summed E-state index contributed by atoms with van der Waals surface area (Å²) >= 11 is 0. The molecule has 0 spiro atoms. The van der Waals surface area contributed by atoms with Crippen molar-refractivity contribution >= 4 is 11.9 Å². The zero-order valence-electron chi connectivity index (χ0n) is 10.3. The molecule has 6 heteroatoms. The highest BCUT2D eigenvalue weighted by Crippen LogP contribution is 1.96. The maximum absolute atomic E-state index is 11.4. The maximum atomic E-state index is 11.4. The van der Waals surface area contributed by atoms with Crippen molar-refractivity contribution in [2.45, 2.75) is 38.1 Å². The molecule has 0 saturated heterocycles. The van der Waals surface area contributed by atoms with Gasteiger partial charge in [-0.1, -0.05) is 0 Å². The average Bonchev–Trinajstić information content (AvgIpc) is 2.28. The van der Waals surface area contributed by atoms with Crippen LogP contribution in [0.2, 0.25) is 0 Å². The number of unbranched alkanes of at least 4 members (excludes halogenated alkanes) is 1. The number of carboxylic acids is 1. The van der Waals surface area contributed by atoms with Crippen molar-refractivity contribution in [2.24, 2.45) is 5.73 Å². The van der Waals surface area contributed by atoms with Gasteiger partial charge in [-0.15, -0.1) is 0 Å². The number of hydrogen-bond acceptors (Lipinski definition) is 4. The number of ether oxygens (including phenoxy) is 1. The minimum Gasteiger partial charge on any atom is -0.481 e. The number of rotatable bonds is 10. The van der Waals surface area contributed by atoms with Crippen LogP contribution < -0.4 is 11.1 Å². The number of carbonyl (C=O) groups excluding carboxylic acids is 1. The van der Waals surface area contributed by atoms with E-state index >= 15 is 0 Å². The standard InChI is InChI=1S/C11H22N2O4/c1-17-8-4-5-9(12)11(16)13-7-3-2-6-10(14)15/h9H,2-8,12H2,1H3,(H,13,16)(H,14,15). The van der Waals surface area contributed by atoms with Crippen LogP contribution in [-0.4, -0.2) is 43.3 Å². The quantitative estimate of drug-likeness (QED) is 0.475. The molecule has 0 aliphatic heterocycles. The Labute approximate surface area is 102 Å². The van der Waals surface area contributed by atoms with E-state index in [-0.39, 0.29) is 12.3 Å². The molecule has 4 N–H and O–H groups in total. The van der Waals surface area contributed by atoms with Crippen LogP contribution in [0, 0.1) is 0 Å². The molecular weight excluding hydrogens is 224 g/mol. The van der Waals surface area contributed by atoms with E-state index in [9.17, 15) is 9.59 Å². The Morgan fingerprint density at radius 3 is 2.65 bits per heavy atom. The molecule has 100 valence electrons. The van der Waals surface area contributed by atoms with Crippen molar-refractivity contribution in [2.75, 3.05) is 20.3 Å². The SMILES string of the molecule is COCCCC(N)C(=O)NCCCCC(=O)O. The zero-order chi connectivity index (χ0) is 13.1. The molecule has 0 saturated carbocycles. The molecule has 0 heterocycles. The second-order valence-electron chi connectivity index (χ2n) is 3.88. The van der Waals surface area contributed by atoms with Crippen LogP contribution in [-0.2, 0) is 14.3 Å². The Hall–Kier alpha value is -1.14. The van der Waals surface area contributed by atoms with Crippen LogP contribution >= 0.6 is 0 Å². The largest absolute Gasteiger partial charge is 0.481 e. The fourth-order valence-electron chi connectivity index (χ4n) is 1.32. The summed E-state index contributed by atoms with van der Waals surface area (Å²) in [5, 5.41) is 11.1. The lowest BCUT2D eigenvalue weighted by Crippen LogP contribution is -2.41. The van der Waals surface area contributed by atoms with Gasteiger partial charge in [0.15, 0.2) is 0 Å². The van der Waals surface area contributed by atoms with Crippen LogP contribution in [0.5, 0.6) is 0 Å². The average molecular weight is 246 g/mol. The van der Waals surface area contributed by atoms with Crippen molar-refractivity contribution in [3.8, 4) is 0 Å². The molecule has 0 aliphatic carbocycles. The summed E-state index contributed by atoms with van der Waals surface area (Å²) in [4.78, 5) is 21.7. The molecular formula is C11H22N2O4. The Kier molecular flexibility index (Phi) is 9.37. The summed E-state index contributed by atoms with van der Waals surface area (Å²) < 4.78 is 4.86. The molecule has 0 aliphatic rings. The molecule has 0 aromatic carbocycles. The third-order valence-corrected chi connectivity index (χ3v) is 2.32. The van der Waals surface area contributed by atoms with Gasteiger partial charge in [0.05, 0.1) is 6.04 Å². The van der Waals surface area contributed by atoms with E-state index in [4.69, 9.17) is 15.6 Å². The molecule has 1 amide bonds. The number of carbonyl (C=O) groups is 2. The second-order valence-corrected chi connectivity index (χ2v) is 3.88. The lowest BCUT2D eigenvalue weighted by Gasteiger charge is -2.11. The highest BCUT2D eigenvalue weighted by atomic mass is 16.5. The number of aliphatic carboxylic acids is 1. The van der Waals surface area contributed by atoms with Gasteiger partial charge in [-0.3, -0.25) is 9.59 Å². The number of amides is 1. The molecule has 6 nitrogen and oxygen atoms in total. The van der Waals surface area contributed by atoms with Crippen molar-refractivity contribution in [3.05, 3.63) is 0 Å². The first-order chi connectivity index (χ1) is 8.07. The Balaban J connectivity index is 3.47. The lowest BCUT2D eigenvalue weighted by molar-refractivity contribution is -0.137. The smallest absolute Gasteiger partial charge is 0.303 e. The number of carboxylic acid groups (broad SMARTS) is 1. The van der Waals surface area contributed by atoms with Gasteiger partial charge in [-0.2, -0.15) is 0 Å².